The lowest BCUT2D eigenvalue weighted by Gasteiger charge is -2.10. The molecule has 0 aliphatic heterocycles. The van der Waals surface area contributed by atoms with Crippen molar-refractivity contribution in [2.45, 2.75) is 0 Å². The SMILES string of the molecule is c1ccc(-c2ccc3cc(-c4ccc(-c5ccc6cc(-c7ccc8c(ccc9ccccc98)c7)ccc6c5)cc4)ccc3c2)cc1. The quantitative estimate of drug-likeness (QED) is 0.181. The number of benzene rings is 9. The van der Waals surface area contributed by atoms with Gasteiger partial charge in [0.15, 0.2) is 0 Å². The first-order valence-electron chi connectivity index (χ1n) is 15.9. The standard InChI is InChI=1S/C46H30/c1-2-6-31(7-3-1)35-15-18-39-27-36(16-19-38(39)26-35)32-10-12-33(13-11-32)37-17-20-41-29-42(22-21-40(41)28-37)43-24-25-46-44(30-43)23-14-34-8-4-5-9-45(34)46/h1-30H. The van der Waals surface area contributed by atoms with Crippen LogP contribution in [0.1, 0.15) is 0 Å². The number of rotatable bonds is 4. The van der Waals surface area contributed by atoms with Crippen LogP contribution < -0.4 is 0 Å². The predicted molar refractivity (Wildman–Crippen MR) is 198 cm³/mol. The van der Waals surface area contributed by atoms with Gasteiger partial charge in [0.25, 0.3) is 0 Å². The summed E-state index contributed by atoms with van der Waals surface area (Å²) >= 11 is 0. The average molecular weight is 583 g/mol. The molecular formula is C46H30. The average Bonchev–Trinajstić information content (AvgIpc) is 3.14. The number of fused-ring (bicyclic) bond motifs is 5. The molecule has 0 atom stereocenters. The zero-order chi connectivity index (χ0) is 30.5. The molecule has 0 saturated heterocycles. The van der Waals surface area contributed by atoms with Gasteiger partial charge >= 0.3 is 0 Å². The zero-order valence-corrected chi connectivity index (χ0v) is 25.3. The topological polar surface area (TPSA) is 0 Å². The minimum absolute atomic E-state index is 1.23. The van der Waals surface area contributed by atoms with Crippen LogP contribution in [0.2, 0.25) is 0 Å². The summed E-state index contributed by atoms with van der Waals surface area (Å²) in [5, 5.41) is 10.2. The van der Waals surface area contributed by atoms with Gasteiger partial charge in [-0.2, -0.15) is 0 Å². The lowest BCUT2D eigenvalue weighted by Crippen LogP contribution is -1.84. The summed E-state index contributed by atoms with van der Waals surface area (Å²) in [6.45, 7) is 0. The van der Waals surface area contributed by atoms with E-state index in [4.69, 9.17) is 0 Å². The maximum Gasteiger partial charge on any atom is -0.0105 e. The van der Waals surface area contributed by atoms with Gasteiger partial charge in [0, 0.05) is 0 Å². The molecule has 0 aliphatic carbocycles. The van der Waals surface area contributed by atoms with E-state index in [1.54, 1.807) is 0 Å². The third kappa shape index (κ3) is 4.72. The highest BCUT2D eigenvalue weighted by molar-refractivity contribution is 6.08. The molecule has 9 aromatic rings. The van der Waals surface area contributed by atoms with Crippen molar-refractivity contribution in [1.29, 1.82) is 0 Å². The van der Waals surface area contributed by atoms with Crippen LogP contribution in [-0.2, 0) is 0 Å². The fourth-order valence-electron chi connectivity index (χ4n) is 6.89. The van der Waals surface area contributed by atoms with Crippen molar-refractivity contribution in [2.24, 2.45) is 0 Å². The zero-order valence-electron chi connectivity index (χ0n) is 25.3. The van der Waals surface area contributed by atoms with Crippen molar-refractivity contribution < 1.29 is 0 Å². The van der Waals surface area contributed by atoms with Crippen LogP contribution >= 0.6 is 0 Å². The Hall–Kier alpha value is -5.98. The fraction of sp³-hybridized carbons (Fsp3) is 0. The molecule has 0 aromatic heterocycles. The second kappa shape index (κ2) is 10.9. The summed E-state index contributed by atoms with van der Waals surface area (Å²) in [5.74, 6) is 0. The van der Waals surface area contributed by atoms with Crippen LogP contribution in [0.4, 0.5) is 0 Å². The van der Waals surface area contributed by atoms with Crippen molar-refractivity contribution in [2.75, 3.05) is 0 Å². The molecule has 0 bridgehead atoms. The Morgan fingerprint density at radius 1 is 0.174 bits per heavy atom. The van der Waals surface area contributed by atoms with E-state index in [2.05, 4.69) is 182 Å². The second-order valence-electron chi connectivity index (χ2n) is 12.2. The minimum Gasteiger partial charge on any atom is -0.0622 e. The summed E-state index contributed by atoms with van der Waals surface area (Å²) < 4.78 is 0. The van der Waals surface area contributed by atoms with E-state index in [0.717, 1.165) is 0 Å². The second-order valence-corrected chi connectivity index (χ2v) is 12.2. The van der Waals surface area contributed by atoms with Crippen molar-refractivity contribution >= 4 is 43.1 Å². The maximum absolute atomic E-state index is 2.32. The summed E-state index contributed by atoms with van der Waals surface area (Å²) in [7, 11) is 0. The molecule has 0 heterocycles. The first-order chi connectivity index (χ1) is 22.7. The molecular weight excluding hydrogens is 553 g/mol. The molecule has 0 saturated carbocycles. The maximum atomic E-state index is 2.32. The fourth-order valence-corrected chi connectivity index (χ4v) is 6.89. The van der Waals surface area contributed by atoms with E-state index in [-0.39, 0.29) is 0 Å². The van der Waals surface area contributed by atoms with Crippen molar-refractivity contribution in [3.63, 3.8) is 0 Å². The Morgan fingerprint density at radius 3 is 1.04 bits per heavy atom. The first kappa shape index (κ1) is 26.4. The molecule has 9 rings (SSSR count). The van der Waals surface area contributed by atoms with Gasteiger partial charge in [0.1, 0.15) is 0 Å². The van der Waals surface area contributed by atoms with Gasteiger partial charge in [-0.25, -0.2) is 0 Å². The Balaban J connectivity index is 0.980. The van der Waals surface area contributed by atoms with Crippen LogP contribution in [-0.4, -0.2) is 0 Å². The first-order valence-corrected chi connectivity index (χ1v) is 15.9. The Kier molecular flexibility index (Phi) is 6.25. The number of hydrogen-bond acceptors (Lipinski definition) is 0. The van der Waals surface area contributed by atoms with Crippen molar-refractivity contribution in [3.8, 4) is 44.5 Å². The lowest BCUT2D eigenvalue weighted by atomic mass is 9.94. The molecule has 214 valence electrons. The van der Waals surface area contributed by atoms with Gasteiger partial charge in [-0.1, -0.05) is 152 Å². The molecule has 0 N–H and O–H groups in total. The molecule has 0 aliphatic rings. The van der Waals surface area contributed by atoms with Gasteiger partial charge in [0.2, 0.25) is 0 Å². The summed E-state index contributed by atoms with van der Waals surface area (Å²) in [6.07, 6.45) is 0. The normalized spacial score (nSPS) is 11.5. The van der Waals surface area contributed by atoms with Crippen LogP contribution in [0.25, 0.3) is 87.6 Å². The summed E-state index contributed by atoms with van der Waals surface area (Å²) in [6, 6.07) is 66.6. The Labute approximate surface area is 268 Å². The number of hydrogen-bond donors (Lipinski definition) is 0. The third-order valence-corrected chi connectivity index (χ3v) is 9.42. The van der Waals surface area contributed by atoms with E-state index in [9.17, 15) is 0 Å². The Morgan fingerprint density at radius 2 is 0.500 bits per heavy atom. The molecule has 0 unspecified atom stereocenters. The Bertz CT molecular complexity index is 2560. The van der Waals surface area contributed by atoms with Crippen molar-refractivity contribution in [1.82, 2.24) is 0 Å². The third-order valence-electron chi connectivity index (χ3n) is 9.42. The molecule has 0 radical (unpaired) electrons. The molecule has 0 fully saturated rings. The molecule has 0 spiro atoms. The van der Waals surface area contributed by atoms with Crippen LogP contribution in [0.3, 0.4) is 0 Å². The van der Waals surface area contributed by atoms with E-state index in [0.29, 0.717) is 0 Å². The van der Waals surface area contributed by atoms with Gasteiger partial charge in [-0.15, -0.1) is 0 Å². The molecule has 0 nitrogen and oxygen atoms in total. The lowest BCUT2D eigenvalue weighted by molar-refractivity contribution is 1.61. The largest absolute Gasteiger partial charge is 0.0622 e. The van der Waals surface area contributed by atoms with Crippen LogP contribution in [0.5, 0.6) is 0 Å². The van der Waals surface area contributed by atoms with E-state index in [1.165, 1.54) is 87.6 Å². The van der Waals surface area contributed by atoms with E-state index < -0.39 is 0 Å². The summed E-state index contributed by atoms with van der Waals surface area (Å²) in [5.41, 5.74) is 9.91. The molecule has 0 amide bonds. The van der Waals surface area contributed by atoms with Crippen molar-refractivity contribution in [3.05, 3.63) is 182 Å². The minimum atomic E-state index is 1.23. The highest BCUT2D eigenvalue weighted by Gasteiger charge is 2.07. The van der Waals surface area contributed by atoms with Gasteiger partial charge in [0.05, 0.1) is 0 Å². The predicted octanol–water partition coefficient (Wildman–Crippen LogP) is 13.0. The smallest absolute Gasteiger partial charge is 0.0105 e. The van der Waals surface area contributed by atoms with Gasteiger partial charge in [-0.05, 0) is 118 Å². The summed E-state index contributed by atoms with van der Waals surface area (Å²) in [4.78, 5) is 0. The van der Waals surface area contributed by atoms with E-state index >= 15 is 0 Å². The molecule has 0 heteroatoms. The highest BCUT2D eigenvalue weighted by atomic mass is 14.1. The molecule has 9 aromatic carbocycles. The van der Waals surface area contributed by atoms with Crippen LogP contribution in [0, 0.1) is 0 Å². The van der Waals surface area contributed by atoms with Crippen LogP contribution in [0.15, 0.2) is 182 Å². The van der Waals surface area contributed by atoms with Gasteiger partial charge in [-0.3, -0.25) is 0 Å². The monoisotopic (exact) mass is 582 g/mol. The van der Waals surface area contributed by atoms with Gasteiger partial charge < -0.3 is 0 Å². The van der Waals surface area contributed by atoms with E-state index in [1.807, 2.05) is 0 Å². The highest BCUT2D eigenvalue weighted by Crippen LogP contribution is 2.34. The molecule has 46 heavy (non-hydrogen) atoms.